The van der Waals surface area contributed by atoms with Crippen molar-refractivity contribution in [3.63, 3.8) is 0 Å². The van der Waals surface area contributed by atoms with Gasteiger partial charge in [-0.1, -0.05) is 82.2 Å². The minimum absolute atomic E-state index is 0.0280. The molecule has 4 aromatic rings. The van der Waals surface area contributed by atoms with Crippen LogP contribution in [-0.2, 0) is 43.6 Å². The second-order valence-electron chi connectivity index (χ2n) is 10.0. The standard InChI is InChI=1S/C17H17BrN2O.C16H17N/c18-15-8-7-14-11-20(17(21)10-19)16-4-2-1-3-12(16)5-6-13(14)9-15;1-12-6-7-15-11-17-16-5-3-2-4-13(16)8-9-14(15)10-12/h1-4,7-9H,5-6,10-11,19H2;2-7,10,17H,8-9,11H2,1H3. The van der Waals surface area contributed by atoms with Crippen molar-refractivity contribution < 1.29 is 4.79 Å². The number of benzene rings is 4. The largest absolute Gasteiger partial charge is 0.381 e. The number of carbonyl (C=O) groups is 1. The van der Waals surface area contributed by atoms with Gasteiger partial charge in [0.1, 0.15) is 0 Å². The highest BCUT2D eigenvalue weighted by atomic mass is 79.9. The summed E-state index contributed by atoms with van der Waals surface area (Å²) in [6.45, 7) is 3.71. The third kappa shape index (κ3) is 6.01. The normalized spacial score (nSPS) is 13.9. The summed E-state index contributed by atoms with van der Waals surface area (Å²) >= 11 is 3.52. The van der Waals surface area contributed by atoms with Gasteiger partial charge in [0, 0.05) is 22.4 Å². The van der Waals surface area contributed by atoms with Gasteiger partial charge >= 0.3 is 0 Å². The van der Waals surface area contributed by atoms with Gasteiger partial charge in [-0.3, -0.25) is 4.79 Å². The van der Waals surface area contributed by atoms with Crippen LogP contribution in [0.5, 0.6) is 0 Å². The fraction of sp³-hybridized carbons (Fsp3) is 0.242. The fourth-order valence-electron chi connectivity index (χ4n) is 5.36. The average molecular weight is 569 g/mol. The highest BCUT2D eigenvalue weighted by Crippen LogP contribution is 2.30. The maximum Gasteiger partial charge on any atom is 0.241 e. The van der Waals surface area contributed by atoms with E-state index in [4.69, 9.17) is 5.73 Å². The summed E-state index contributed by atoms with van der Waals surface area (Å²) in [7, 11) is 0. The number of para-hydroxylation sites is 2. The van der Waals surface area contributed by atoms with Gasteiger partial charge in [-0.15, -0.1) is 0 Å². The Bertz CT molecular complexity index is 1450. The van der Waals surface area contributed by atoms with Crippen molar-refractivity contribution in [2.24, 2.45) is 5.73 Å². The molecule has 3 N–H and O–H groups in total. The summed E-state index contributed by atoms with van der Waals surface area (Å²) in [5.74, 6) is -0.0433. The minimum Gasteiger partial charge on any atom is -0.381 e. The average Bonchev–Trinajstić information content (AvgIpc) is 2.92. The first-order chi connectivity index (χ1) is 18.5. The maximum atomic E-state index is 12.3. The topological polar surface area (TPSA) is 58.4 Å². The zero-order chi connectivity index (χ0) is 26.5. The van der Waals surface area contributed by atoms with E-state index >= 15 is 0 Å². The molecule has 4 aromatic carbocycles. The molecule has 5 heteroatoms. The van der Waals surface area contributed by atoms with Crippen LogP contribution in [0.3, 0.4) is 0 Å². The number of nitrogens with one attached hydrogen (secondary N) is 1. The molecule has 0 unspecified atom stereocenters. The van der Waals surface area contributed by atoms with Gasteiger partial charge in [0.05, 0.1) is 13.1 Å². The van der Waals surface area contributed by atoms with Crippen molar-refractivity contribution >= 4 is 33.2 Å². The van der Waals surface area contributed by atoms with Crippen LogP contribution in [0.2, 0.25) is 0 Å². The van der Waals surface area contributed by atoms with Gasteiger partial charge in [-0.25, -0.2) is 0 Å². The van der Waals surface area contributed by atoms with Gasteiger partial charge in [0.2, 0.25) is 5.91 Å². The van der Waals surface area contributed by atoms with E-state index in [1.54, 1.807) is 4.90 Å². The zero-order valence-electron chi connectivity index (χ0n) is 21.8. The van der Waals surface area contributed by atoms with Crippen LogP contribution >= 0.6 is 15.9 Å². The molecule has 0 spiro atoms. The van der Waals surface area contributed by atoms with E-state index in [1.807, 2.05) is 24.3 Å². The van der Waals surface area contributed by atoms with Crippen LogP contribution in [0.1, 0.15) is 38.9 Å². The fourth-order valence-corrected chi connectivity index (χ4v) is 5.76. The van der Waals surface area contributed by atoms with Gasteiger partial charge in [-0.05, 0) is 90.3 Å². The Hall–Kier alpha value is -3.41. The summed E-state index contributed by atoms with van der Waals surface area (Å²) in [6.07, 6.45) is 4.18. The number of halogens is 1. The molecule has 1 amide bonds. The summed E-state index contributed by atoms with van der Waals surface area (Å²) in [5, 5.41) is 3.54. The highest BCUT2D eigenvalue weighted by molar-refractivity contribution is 9.10. The van der Waals surface area contributed by atoms with Gasteiger partial charge < -0.3 is 16.0 Å². The zero-order valence-corrected chi connectivity index (χ0v) is 23.4. The molecule has 0 atom stereocenters. The highest BCUT2D eigenvalue weighted by Gasteiger charge is 2.21. The lowest BCUT2D eigenvalue weighted by molar-refractivity contribution is -0.117. The Kier molecular flexibility index (Phi) is 8.26. The number of nitrogens with two attached hydrogens (primary N) is 1. The second kappa shape index (κ2) is 12.0. The van der Waals surface area contributed by atoms with Crippen molar-refractivity contribution in [1.29, 1.82) is 0 Å². The van der Waals surface area contributed by atoms with E-state index in [9.17, 15) is 4.79 Å². The Morgan fingerprint density at radius 1 is 0.789 bits per heavy atom. The molecular formula is C33H34BrN3O. The lowest BCUT2D eigenvalue weighted by Crippen LogP contribution is -2.37. The van der Waals surface area contributed by atoms with Crippen molar-refractivity contribution in [1.82, 2.24) is 0 Å². The number of hydrogen-bond acceptors (Lipinski definition) is 3. The number of nitrogens with zero attached hydrogens (tertiary/aromatic N) is 1. The number of fused-ring (bicyclic) bond motifs is 4. The van der Waals surface area contributed by atoms with E-state index in [0.717, 1.165) is 42.4 Å². The molecule has 0 radical (unpaired) electrons. The van der Waals surface area contributed by atoms with Crippen LogP contribution in [-0.4, -0.2) is 12.5 Å². The van der Waals surface area contributed by atoms with Crippen LogP contribution < -0.4 is 16.0 Å². The first-order valence-electron chi connectivity index (χ1n) is 13.3. The molecule has 0 aliphatic carbocycles. The third-order valence-corrected chi connectivity index (χ3v) is 7.92. The molecule has 0 fully saturated rings. The smallest absolute Gasteiger partial charge is 0.241 e. The molecule has 0 saturated carbocycles. The molecule has 2 aliphatic rings. The van der Waals surface area contributed by atoms with Crippen LogP contribution in [0.25, 0.3) is 0 Å². The molecule has 2 aliphatic heterocycles. The quantitative estimate of drug-likeness (QED) is 0.267. The molecule has 0 aromatic heterocycles. The van der Waals surface area contributed by atoms with E-state index in [0.29, 0.717) is 6.54 Å². The lowest BCUT2D eigenvalue weighted by atomic mass is 9.95. The lowest BCUT2D eigenvalue weighted by Gasteiger charge is -2.28. The molecule has 6 rings (SSSR count). The molecular weight excluding hydrogens is 534 g/mol. The Morgan fingerprint density at radius 3 is 2.26 bits per heavy atom. The van der Waals surface area contributed by atoms with Crippen molar-refractivity contribution in [2.45, 2.75) is 45.7 Å². The molecule has 0 saturated heterocycles. The summed E-state index contributed by atoms with van der Waals surface area (Å²) in [6, 6.07) is 29.8. The van der Waals surface area contributed by atoms with Crippen LogP contribution in [0.4, 0.5) is 11.4 Å². The molecule has 194 valence electrons. The molecule has 38 heavy (non-hydrogen) atoms. The number of rotatable bonds is 1. The number of amides is 1. The summed E-state index contributed by atoms with van der Waals surface area (Å²) in [5.41, 5.74) is 17.3. The molecule has 4 nitrogen and oxygen atoms in total. The van der Waals surface area contributed by atoms with E-state index in [2.05, 4.69) is 88.8 Å². The number of hydrogen-bond donors (Lipinski definition) is 2. The van der Waals surface area contributed by atoms with E-state index < -0.39 is 0 Å². The third-order valence-electron chi connectivity index (χ3n) is 7.43. The SMILES string of the molecule is Cc1ccc2c(c1)CCc1ccccc1NC2.NCC(=O)N1Cc2ccc(Br)cc2CCc2ccccc21. The first kappa shape index (κ1) is 26.2. The molecule has 0 bridgehead atoms. The predicted octanol–water partition coefficient (Wildman–Crippen LogP) is 6.75. The number of carbonyl (C=O) groups excluding carboxylic acids is 1. The van der Waals surface area contributed by atoms with E-state index in [-0.39, 0.29) is 12.5 Å². The first-order valence-corrected chi connectivity index (χ1v) is 14.1. The van der Waals surface area contributed by atoms with Crippen LogP contribution in [0.15, 0.2) is 89.4 Å². The predicted molar refractivity (Wildman–Crippen MR) is 161 cm³/mol. The Labute approximate surface area is 234 Å². The number of anilines is 2. The maximum absolute atomic E-state index is 12.3. The monoisotopic (exact) mass is 567 g/mol. The van der Waals surface area contributed by atoms with Crippen molar-refractivity contribution in [3.8, 4) is 0 Å². The van der Waals surface area contributed by atoms with Gasteiger partial charge in [0.15, 0.2) is 0 Å². The van der Waals surface area contributed by atoms with Gasteiger partial charge in [0.25, 0.3) is 0 Å². The van der Waals surface area contributed by atoms with Crippen molar-refractivity contribution in [2.75, 3.05) is 16.8 Å². The minimum atomic E-state index is -0.0433. The number of aryl methyl sites for hydroxylation is 5. The Balaban J connectivity index is 0.000000158. The van der Waals surface area contributed by atoms with Gasteiger partial charge in [-0.2, -0.15) is 0 Å². The van der Waals surface area contributed by atoms with Crippen molar-refractivity contribution in [3.05, 3.63) is 128 Å². The van der Waals surface area contributed by atoms with E-state index in [1.165, 1.54) is 44.6 Å². The molecule has 2 heterocycles. The van der Waals surface area contributed by atoms with Crippen LogP contribution in [0, 0.1) is 6.92 Å². The summed E-state index contributed by atoms with van der Waals surface area (Å²) in [4.78, 5) is 14.1. The second-order valence-corrected chi connectivity index (χ2v) is 10.9. The Morgan fingerprint density at radius 2 is 1.45 bits per heavy atom. The summed E-state index contributed by atoms with van der Waals surface area (Å²) < 4.78 is 1.08.